The van der Waals surface area contributed by atoms with Gasteiger partial charge in [-0.25, -0.2) is 22.3 Å². The number of hydrogen-bond acceptors (Lipinski definition) is 8. The zero-order valence-corrected chi connectivity index (χ0v) is 21.0. The van der Waals surface area contributed by atoms with Crippen molar-refractivity contribution in [1.29, 1.82) is 0 Å². The maximum absolute atomic E-state index is 13.5. The number of esters is 1. The van der Waals surface area contributed by atoms with Crippen LogP contribution < -0.4 is 4.72 Å². The van der Waals surface area contributed by atoms with Crippen LogP contribution in [0.3, 0.4) is 0 Å². The van der Waals surface area contributed by atoms with Gasteiger partial charge in [0.2, 0.25) is 10.0 Å². The molecule has 0 saturated heterocycles. The Kier molecular flexibility index (Phi) is 8.02. The fourth-order valence-electron chi connectivity index (χ4n) is 3.89. The first-order chi connectivity index (χ1) is 16.4. The Morgan fingerprint density at radius 1 is 1.21 bits per heavy atom. The van der Waals surface area contributed by atoms with Crippen LogP contribution in [0.25, 0.3) is 5.69 Å². The van der Waals surface area contributed by atoms with Crippen LogP contribution in [0.1, 0.15) is 47.6 Å². The molecule has 0 aliphatic heterocycles. The Hall–Kier alpha value is -2.28. The summed E-state index contributed by atoms with van der Waals surface area (Å²) in [5.74, 6) is 0.766. The van der Waals surface area contributed by atoms with Gasteiger partial charge >= 0.3 is 5.97 Å². The van der Waals surface area contributed by atoms with Crippen molar-refractivity contribution >= 4 is 39.1 Å². The third kappa shape index (κ3) is 5.68. The van der Waals surface area contributed by atoms with E-state index in [2.05, 4.69) is 19.7 Å². The van der Waals surface area contributed by atoms with E-state index in [-0.39, 0.29) is 22.1 Å². The summed E-state index contributed by atoms with van der Waals surface area (Å²) in [5, 5.41) is 10.7. The average molecular weight is 525 g/mol. The molecule has 3 aromatic rings. The maximum Gasteiger partial charge on any atom is 0.349 e. The highest BCUT2D eigenvalue weighted by atomic mass is 32.2. The lowest BCUT2D eigenvalue weighted by Gasteiger charge is -2.20. The average Bonchev–Trinajstić information content (AvgIpc) is 3.50. The van der Waals surface area contributed by atoms with E-state index >= 15 is 0 Å². The van der Waals surface area contributed by atoms with Crippen molar-refractivity contribution in [1.82, 2.24) is 19.5 Å². The summed E-state index contributed by atoms with van der Waals surface area (Å²) in [6.45, 7) is -0.160. The summed E-state index contributed by atoms with van der Waals surface area (Å²) in [6.07, 6.45) is 6.12. The summed E-state index contributed by atoms with van der Waals surface area (Å²) in [5.41, 5.74) is 0.637. The van der Waals surface area contributed by atoms with Crippen molar-refractivity contribution in [2.45, 2.75) is 48.7 Å². The second kappa shape index (κ2) is 11.0. The number of aromatic nitrogens is 3. The number of thiophene rings is 1. The second-order valence-electron chi connectivity index (χ2n) is 7.96. The van der Waals surface area contributed by atoms with Gasteiger partial charge in [-0.2, -0.15) is 0 Å². The van der Waals surface area contributed by atoms with Gasteiger partial charge in [-0.1, -0.05) is 31.0 Å². The summed E-state index contributed by atoms with van der Waals surface area (Å²) in [6, 6.07) is 7.25. The molecular weight excluding hydrogens is 499 g/mol. The number of nitrogens with one attached hydrogen (secondary N) is 1. The zero-order valence-electron chi connectivity index (χ0n) is 18.6. The summed E-state index contributed by atoms with van der Waals surface area (Å²) >= 11 is 2.56. The third-order valence-electron chi connectivity index (χ3n) is 5.67. The Morgan fingerprint density at radius 2 is 1.94 bits per heavy atom. The first kappa shape index (κ1) is 24.8. The Bertz CT molecular complexity index is 1240. The number of carbonyl (C=O) groups is 1. The number of sulfonamides is 1. The molecule has 1 saturated carbocycles. The standard InChI is InChI=1S/C22H25FN4O4S3/c1-31-21(28)20-18(11-12-32-20)34(29,30)24-13-19-25-26-22(33-14-15-5-3-2-4-6-15)27(19)17-9-7-16(23)8-10-17/h7-12,15,24H,2-6,13-14H2,1H3. The molecule has 182 valence electrons. The van der Waals surface area contributed by atoms with Crippen LogP contribution in [0.5, 0.6) is 0 Å². The minimum Gasteiger partial charge on any atom is -0.465 e. The van der Waals surface area contributed by atoms with Gasteiger partial charge in [-0.3, -0.25) is 4.57 Å². The van der Waals surface area contributed by atoms with Gasteiger partial charge in [0.25, 0.3) is 0 Å². The van der Waals surface area contributed by atoms with E-state index in [1.54, 1.807) is 28.5 Å². The first-order valence-electron chi connectivity index (χ1n) is 10.9. The van der Waals surface area contributed by atoms with Gasteiger partial charge in [-0.05, 0) is 54.5 Å². The Morgan fingerprint density at radius 3 is 2.65 bits per heavy atom. The number of ether oxygens (including phenoxy) is 1. The van der Waals surface area contributed by atoms with Crippen molar-refractivity contribution in [2.75, 3.05) is 12.9 Å². The van der Waals surface area contributed by atoms with Gasteiger partial charge in [0.1, 0.15) is 15.6 Å². The molecule has 34 heavy (non-hydrogen) atoms. The van der Waals surface area contributed by atoms with Crippen LogP contribution >= 0.6 is 23.1 Å². The van der Waals surface area contributed by atoms with Crippen LogP contribution in [-0.4, -0.2) is 42.0 Å². The second-order valence-corrected chi connectivity index (χ2v) is 11.6. The zero-order chi connectivity index (χ0) is 24.1. The van der Waals surface area contributed by atoms with Crippen molar-refractivity contribution in [3.8, 4) is 5.69 Å². The van der Waals surface area contributed by atoms with E-state index in [9.17, 15) is 17.6 Å². The van der Waals surface area contributed by atoms with Gasteiger partial charge in [0.15, 0.2) is 11.0 Å². The Balaban J connectivity index is 1.57. The molecule has 0 radical (unpaired) electrons. The molecule has 12 heteroatoms. The van der Waals surface area contributed by atoms with Gasteiger partial charge in [0.05, 0.1) is 13.7 Å². The highest BCUT2D eigenvalue weighted by Crippen LogP contribution is 2.31. The molecule has 0 bridgehead atoms. The van der Waals surface area contributed by atoms with E-state index in [1.807, 2.05) is 0 Å². The molecule has 0 spiro atoms. The van der Waals surface area contributed by atoms with E-state index in [0.717, 1.165) is 17.1 Å². The number of carbonyl (C=O) groups excluding carboxylic acids is 1. The number of methoxy groups -OCH3 is 1. The van der Waals surface area contributed by atoms with E-state index < -0.39 is 16.0 Å². The van der Waals surface area contributed by atoms with E-state index in [1.165, 1.54) is 62.8 Å². The number of hydrogen-bond donors (Lipinski definition) is 1. The lowest BCUT2D eigenvalue weighted by atomic mass is 9.91. The maximum atomic E-state index is 13.5. The fourth-order valence-corrected chi connectivity index (χ4v) is 7.36. The van der Waals surface area contributed by atoms with Crippen LogP contribution in [0, 0.1) is 11.7 Å². The molecule has 1 aromatic carbocycles. The van der Waals surface area contributed by atoms with Crippen LogP contribution in [0.2, 0.25) is 0 Å². The smallest absolute Gasteiger partial charge is 0.349 e. The van der Waals surface area contributed by atoms with Gasteiger partial charge in [0, 0.05) is 11.4 Å². The topological polar surface area (TPSA) is 103 Å². The number of rotatable bonds is 9. The van der Waals surface area contributed by atoms with E-state index in [0.29, 0.717) is 22.6 Å². The quantitative estimate of drug-likeness (QED) is 0.327. The van der Waals surface area contributed by atoms with Crippen molar-refractivity contribution in [2.24, 2.45) is 5.92 Å². The molecule has 0 atom stereocenters. The molecular formula is C22H25FN4O4S3. The van der Waals surface area contributed by atoms with Gasteiger partial charge < -0.3 is 4.74 Å². The highest BCUT2D eigenvalue weighted by molar-refractivity contribution is 7.99. The molecule has 1 N–H and O–H groups in total. The SMILES string of the molecule is COC(=O)c1sccc1S(=O)(=O)NCc1nnc(SCC2CCCCC2)n1-c1ccc(F)cc1. The van der Waals surface area contributed by atoms with E-state index in [4.69, 9.17) is 0 Å². The van der Waals surface area contributed by atoms with Crippen LogP contribution in [0.15, 0.2) is 45.8 Å². The van der Waals surface area contributed by atoms with Crippen molar-refractivity contribution < 1.29 is 22.3 Å². The highest BCUT2D eigenvalue weighted by Gasteiger charge is 2.26. The summed E-state index contributed by atoms with van der Waals surface area (Å²) in [7, 11) is -2.82. The fraction of sp³-hybridized carbons (Fsp3) is 0.409. The third-order valence-corrected chi connectivity index (χ3v) is 9.30. The number of benzene rings is 1. The number of halogens is 1. The molecule has 2 heterocycles. The largest absolute Gasteiger partial charge is 0.465 e. The normalized spacial score (nSPS) is 14.9. The lowest BCUT2D eigenvalue weighted by molar-refractivity contribution is 0.0602. The molecule has 1 fully saturated rings. The molecule has 4 rings (SSSR count). The predicted molar refractivity (Wildman–Crippen MR) is 128 cm³/mol. The van der Waals surface area contributed by atoms with Crippen molar-refractivity contribution in [3.63, 3.8) is 0 Å². The first-order valence-corrected chi connectivity index (χ1v) is 14.2. The monoisotopic (exact) mass is 524 g/mol. The van der Waals surface area contributed by atoms with Crippen LogP contribution in [0.4, 0.5) is 4.39 Å². The molecule has 1 aliphatic rings. The minimum absolute atomic E-state index is 0.00118. The molecule has 8 nitrogen and oxygen atoms in total. The molecule has 0 unspecified atom stereocenters. The number of thioether (sulfide) groups is 1. The number of nitrogens with zero attached hydrogens (tertiary/aromatic N) is 3. The molecule has 0 amide bonds. The molecule has 2 aromatic heterocycles. The minimum atomic E-state index is -4.02. The Labute approximate surface area is 206 Å². The summed E-state index contributed by atoms with van der Waals surface area (Å²) in [4.78, 5) is 11.8. The molecule has 1 aliphatic carbocycles. The van der Waals surface area contributed by atoms with Gasteiger partial charge in [-0.15, -0.1) is 21.5 Å². The summed E-state index contributed by atoms with van der Waals surface area (Å²) < 4.78 is 48.3. The predicted octanol–water partition coefficient (Wildman–Crippen LogP) is 4.41. The lowest BCUT2D eigenvalue weighted by Crippen LogP contribution is -2.26. The van der Waals surface area contributed by atoms with Crippen molar-refractivity contribution in [3.05, 3.63) is 52.2 Å². The van der Waals surface area contributed by atoms with Crippen LogP contribution in [-0.2, 0) is 21.3 Å².